The summed E-state index contributed by atoms with van der Waals surface area (Å²) in [5, 5.41) is 6.33. The van der Waals surface area contributed by atoms with E-state index in [-0.39, 0.29) is 12.5 Å². The zero-order valence-corrected chi connectivity index (χ0v) is 12.2. The maximum atomic E-state index is 12.2. The summed E-state index contributed by atoms with van der Waals surface area (Å²) < 4.78 is 5.21. The number of allylic oxidation sites excluding steroid dienone is 2. The molecule has 0 aliphatic heterocycles. The molecular weight excluding hydrogens is 270 g/mol. The van der Waals surface area contributed by atoms with Crippen LogP contribution in [0.4, 0.5) is 0 Å². The summed E-state index contributed by atoms with van der Waals surface area (Å²) in [5.41, 5.74) is 13.7. The standard InChI is InChI=1S/C14H21N5O2/c1-14(13(20)17-8-10-21-9-7-15)5-2-3-12(4-6-14)11-18-19-16/h2-6H,7-11,15H2,1H3,(H,17,20). The fraction of sp³-hybridized carbons (Fsp3) is 0.500. The summed E-state index contributed by atoms with van der Waals surface area (Å²) in [4.78, 5) is 14.9. The lowest BCUT2D eigenvalue weighted by Crippen LogP contribution is -2.38. The van der Waals surface area contributed by atoms with Gasteiger partial charge < -0.3 is 15.8 Å². The molecule has 0 aromatic carbocycles. The number of nitrogens with zero attached hydrogens (tertiary/aromatic N) is 3. The maximum Gasteiger partial charge on any atom is 0.233 e. The molecule has 7 nitrogen and oxygen atoms in total. The zero-order chi connectivity index (χ0) is 15.6. The van der Waals surface area contributed by atoms with E-state index in [1.54, 1.807) is 18.2 Å². The van der Waals surface area contributed by atoms with Gasteiger partial charge in [0.15, 0.2) is 0 Å². The predicted molar refractivity (Wildman–Crippen MR) is 81.4 cm³/mol. The van der Waals surface area contributed by atoms with Crippen LogP contribution in [-0.4, -0.2) is 38.8 Å². The summed E-state index contributed by atoms with van der Waals surface area (Å²) >= 11 is 0. The van der Waals surface area contributed by atoms with E-state index in [4.69, 9.17) is 16.0 Å². The lowest BCUT2D eigenvalue weighted by molar-refractivity contribution is -0.126. The average molecular weight is 291 g/mol. The molecule has 3 N–H and O–H groups in total. The van der Waals surface area contributed by atoms with Crippen LogP contribution in [0.3, 0.4) is 0 Å². The number of rotatable bonds is 8. The van der Waals surface area contributed by atoms with E-state index in [2.05, 4.69) is 15.3 Å². The first-order chi connectivity index (χ1) is 10.1. The van der Waals surface area contributed by atoms with Crippen LogP contribution in [-0.2, 0) is 9.53 Å². The van der Waals surface area contributed by atoms with Crippen molar-refractivity contribution in [2.45, 2.75) is 6.92 Å². The average Bonchev–Trinajstić information content (AvgIpc) is 2.67. The quantitative estimate of drug-likeness (QED) is 0.305. The van der Waals surface area contributed by atoms with Crippen molar-refractivity contribution in [2.75, 3.05) is 32.8 Å². The van der Waals surface area contributed by atoms with E-state index in [0.29, 0.717) is 26.3 Å². The Labute approximate surface area is 124 Å². The van der Waals surface area contributed by atoms with Crippen molar-refractivity contribution in [1.29, 1.82) is 0 Å². The first-order valence-corrected chi connectivity index (χ1v) is 6.77. The Hall–Kier alpha value is -2.08. The molecule has 1 atom stereocenters. The molecule has 0 aromatic heterocycles. The van der Waals surface area contributed by atoms with Gasteiger partial charge in [0.05, 0.1) is 25.2 Å². The number of amides is 1. The van der Waals surface area contributed by atoms with Crippen LogP contribution in [0.1, 0.15) is 6.92 Å². The van der Waals surface area contributed by atoms with Crippen molar-refractivity contribution < 1.29 is 9.53 Å². The molecule has 0 fully saturated rings. The van der Waals surface area contributed by atoms with Crippen LogP contribution in [0.2, 0.25) is 0 Å². The molecule has 1 unspecified atom stereocenters. The zero-order valence-electron chi connectivity index (χ0n) is 12.2. The van der Waals surface area contributed by atoms with Gasteiger partial charge in [-0.05, 0) is 18.0 Å². The summed E-state index contributed by atoms with van der Waals surface area (Å²) in [6, 6.07) is 0. The molecule has 0 bridgehead atoms. The topological polar surface area (TPSA) is 113 Å². The smallest absolute Gasteiger partial charge is 0.233 e. The highest BCUT2D eigenvalue weighted by Crippen LogP contribution is 2.24. The van der Waals surface area contributed by atoms with Crippen LogP contribution in [0.5, 0.6) is 0 Å². The van der Waals surface area contributed by atoms with Gasteiger partial charge in [0.2, 0.25) is 5.91 Å². The minimum absolute atomic E-state index is 0.107. The second-order valence-electron chi connectivity index (χ2n) is 4.76. The van der Waals surface area contributed by atoms with E-state index < -0.39 is 5.41 Å². The molecule has 1 amide bonds. The third-order valence-corrected chi connectivity index (χ3v) is 3.00. The molecule has 0 spiro atoms. The number of hydrogen-bond donors (Lipinski definition) is 2. The van der Waals surface area contributed by atoms with E-state index in [0.717, 1.165) is 5.57 Å². The number of carbonyl (C=O) groups is 1. The van der Waals surface area contributed by atoms with Crippen LogP contribution >= 0.6 is 0 Å². The highest BCUT2D eigenvalue weighted by Gasteiger charge is 2.27. The SMILES string of the molecule is CC1(C(=O)NCCOCCN)C=CC=C(CN=[N+]=[N-])C=C1. The highest BCUT2D eigenvalue weighted by atomic mass is 16.5. The summed E-state index contributed by atoms with van der Waals surface area (Å²) in [6.07, 6.45) is 9.04. The maximum absolute atomic E-state index is 12.2. The molecule has 1 aliphatic rings. The Morgan fingerprint density at radius 2 is 2.33 bits per heavy atom. The number of hydrogen-bond acceptors (Lipinski definition) is 4. The largest absolute Gasteiger partial charge is 0.378 e. The molecule has 21 heavy (non-hydrogen) atoms. The number of nitrogens with two attached hydrogens (primary N) is 1. The molecule has 0 radical (unpaired) electrons. The van der Waals surface area contributed by atoms with E-state index in [1.807, 2.05) is 19.1 Å². The summed E-state index contributed by atoms with van der Waals surface area (Å²) in [7, 11) is 0. The van der Waals surface area contributed by atoms with Crippen molar-refractivity contribution in [3.63, 3.8) is 0 Å². The fourth-order valence-corrected chi connectivity index (χ4v) is 1.75. The summed E-state index contributed by atoms with van der Waals surface area (Å²) in [6.45, 7) is 3.92. The minimum atomic E-state index is -0.734. The Morgan fingerprint density at radius 1 is 1.52 bits per heavy atom. The van der Waals surface area contributed by atoms with Crippen molar-refractivity contribution in [2.24, 2.45) is 16.3 Å². The molecule has 0 heterocycles. The Kier molecular flexibility index (Phi) is 7.25. The van der Waals surface area contributed by atoms with Gasteiger partial charge in [-0.15, -0.1) is 0 Å². The third-order valence-electron chi connectivity index (χ3n) is 3.00. The normalized spacial score (nSPS) is 20.4. The fourth-order valence-electron chi connectivity index (χ4n) is 1.75. The second kappa shape index (κ2) is 8.97. The minimum Gasteiger partial charge on any atom is -0.378 e. The van der Waals surface area contributed by atoms with Gasteiger partial charge in [-0.3, -0.25) is 4.79 Å². The van der Waals surface area contributed by atoms with Crippen LogP contribution < -0.4 is 11.1 Å². The van der Waals surface area contributed by atoms with Gasteiger partial charge in [-0.25, -0.2) is 0 Å². The second-order valence-corrected chi connectivity index (χ2v) is 4.76. The highest BCUT2D eigenvalue weighted by molar-refractivity contribution is 5.86. The third kappa shape index (κ3) is 5.83. The molecule has 0 saturated heterocycles. The molecule has 0 saturated carbocycles. The molecule has 114 valence electrons. The molecular formula is C14H21N5O2. The number of ether oxygens (including phenoxy) is 1. The monoisotopic (exact) mass is 291 g/mol. The molecule has 0 aromatic rings. The van der Waals surface area contributed by atoms with Crippen molar-refractivity contribution >= 4 is 5.91 Å². The number of azide groups is 1. The van der Waals surface area contributed by atoms with Crippen LogP contribution in [0.15, 0.2) is 41.1 Å². The predicted octanol–water partition coefficient (Wildman–Crippen LogP) is 1.45. The Morgan fingerprint density at radius 3 is 3.05 bits per heavy atom. The lowest BCUT2D eigenvalue weighted by Gasteiger charge is -2.20. The van der Waals surface area contributed by atoms with Gasteiger partial charge in [-0.2, -0.15) is 0 Å². The summed E-state index contributed by atoms with van der Waals surface area (Å²) in [5.74, 6) is -0.107. The molecule has 7 heteroatoms. The van der Waals surface area contributed by atoms with Crippen molar-refractivity contribution in [3.8, 4) is 0 Å². The molecule has 1 aliphatic carbocycles. The van der Waals surface area contributed by atoms with E-state index >= 15 is 0 Å². The molecule has 1 rings (SSSR count). The van der Waals surface area contributed by atoms with Gasteiger partial charge in [0.1, 0.15) is 0 Å². The van der Waals surface area contributed by atoms with Gasteiger partial charge in [0.25, 0.3) is 0 Å². The van der Waals surface area contributed by atoms with Crippen molar-refractivity contribution in [3.05, 3.63) is 46.4 Å². The number of carbonyl (C=O) groups excluding carboxylic acids is 1. The Bertz CT molecular complexity index is 492. The van der Waals surface area contributed by atoms with Gasteiger partial charge in [0, 0.05) is 18.0 Å². The van der Waals surface area contributed by atoms with E-state index in [9.17, 15) is 4.79 Å². The Balaban J connectivity index is 2.53. The first-order valence-electron chi connectivity index (χ1n) is 6.77. The van der Waals surface area contributed by atoms with E-state index in [1.165, 1.54) is 0 Å². The van der Waals surface area contributed by atoms with Crippen LogP contribution in [0, 0.1) is 5.41 Å². The van der Waals surface area contributed by atoms with Gasteiger partial charge in [-0.1, -0.05) is 35.5 Å². The van der Waals surface area contributed by atoms with Gasteiger partial charge >= 0.3 is 0 Å². The van der Waals surface area contributed by atoms with Crippen molar-refractivity contribution in [1.82, 2.24) is 5.32 Å². The first kappa shape index (κ1) is 17.0. The van der Waals surface area contributed by atoms with Crippen LogP contribution in [0.25, 0.3) is 10.4 Å². The number of nitrogens with one attached hydrogen (secondary N) is 1. The lowest BCUT2D eigenvalue weighted by atomic mass is 9.89.